The highest BCUT2D eigenvalue weighted by atomic mass is 32.2. The fourth-order valence-electron chi connectivity index (χ4n) is 1.70. The Morgan fingerprint density at radius 2 is 2.16 bits per heavy atom. The Kier molecular flexibility index (Phi) is 7.20. The van der Waals surface area contributed by atoms with Crippen molar-refractivity contribution in [3.05, 3.63) is 28.2 Å². The Balaban J connectivity index is 1.82. The minimum Gasteiger partial charge on any atom is -0.338 e. The fourth-order valence-corrected chi connectivity index (χ4v) is 3.05. The average Bonchev–Trinajstić information content (AvgIpc) is 3.22. The first-order valence-electron chi connectivity index (χ1n) is 7.83. The number of thioether (sulfide) groups is 1. The molecule has 2 aromatic rings. The van der Waals surface area contributed by atoms with E-state index < -0.39 is 11.3 Å². The van der Waals surface area contributed by atoms with Gasteiger partial charge in [-0.05, 0) is 36.4 Å². The van der Waals surface area contributed by atoms with Crippen LogP contribution in [-0.2, 0) is 4.79 Å². The molecule has 2 heterocycles. The number of hydrogen-bond acceptors (Lipinski definition) is 6. The number of carbonyl (C=O) groups is 2. The van der Waals surface area contributed by atoms with Crippen molar-refractivity contribution in [2.75, 3.05) is 6.54 Å². The summed E-state index contributed by atoms with van der Waals surface area (Å²) in [4.78, 5) is 29.1. The van der Waals surface area contributed by atoms with Gasteiger partial charge in [0.15, 0.2) is 0 Å². The first-order valence-corrected chi connectivity index (χ1v) is 9.59. The van der Waals surface area contributed by atoms with Crippen LogP contribution in [0.1, 0.15) is 31.5 Å². The quantitative estimate of drug-likeness (QED) is 0.642. The van der Waals surface area contributed by atoms with Crippen LogP contribution in [0.15, 0.2) is 22.7 Å². The van der Waals surface area contributed by atoms with Gasteiger partial charge in [0.1, 0.15) is 5.82 Å². The monoisotopic (exact) mass is 379 g/mol. The number of aromatic amines is 1. The Hall–Kier alpha value is -2.13. The molecule has 0 spiro atoms. The molecule has 3 N–H and O–H groups in total. The van der Waals surface area contributed by atoms with Crippen LogP contribution < -0.4 is 10.6 Å². The summed E-state index contributed by atoms with van der Waals surface area (Å²) in [7, 11) is 0. The van der Waals surface area contributed by atoms with Gasteiger partial charge >= 0.3 is 6.03 Å². The van der Waals surface area contributed by atoms with E-state index in [1.807, 2.05) is 43.5 Å². The van der Waals surface area contributed by atoms with Crippen LogP contribution in [-0.4, -0.2) is 38.9 Å². The van der Waals surface area contributed by atoms with Gasteiger partial charge in [-0.2, -0.15) is 0 Å². The predicted octanol–water partition coefficient (Wildman–Crippen LogP) is 3.00. The summed E-state index contributed by atoms with van der Waals surface area (Å²) in [5.74, 6) is 0.548. The van der Waals surface area contributed by atoms with Crippen molar-refractivity contribution in [1.29, 1.82) is 0 Å². The minimum absolute atomic E-state index is 0.321. The summed E-state index contributed by atoms with van der Waals surface area (Å²) in [6.45, 7) is 6.18. The van der Waals surface area contributed by atoms with Crippen LogP contribution in [0, 0.1) is 5.92 Å². The highest BCUT2D eigenvalue weighted by Crippen LogP contribution is 2.20. The lowest BCUT2D eigenvalue weighted by atomic mass is 10.2. The van der Waals surface area contributed by atoms with Crippen molar-refractivity contribution in [2.24, 2.45) is 5.92 Å². The van der Waals surface area contributed by atoms with Gasteiger partial charge < -0.3 is 5.32 Å². The SMILES string of the molecule is CC(C)CNC(=O)NC(=O)C(C)Sc1n[nH]c(C=Cc2cccs2)n1. The van der Waals surface area contributed by atoms with Crippen LogP contribution in [0.2, 0.25) is 0 Å². The van der Waals surface area contributed by atoms with Crippen molar-refractivity contribution in [3.8, 4) is 0 Å². The van der Waals surface area contributed by atoms with Gasteiger partial charge in [0.25, 0.3) is 0 Å². The van der Waals surface area contributed by atoms with Gasteiger partial charge in [-0.25, -0.2) is 9.78 Å². The zero-order valence-corrected chi connectivity index (χ0v) is 15.9. The molecule has 9 heteroatoms. The summed E-state index contributed by atoms with van der Waals surface area (Å²) in [6.07, 6.45) is 3.77. The lowest BCUT2D eigenvalue weighted by Gasteiger charge is -2.11. The number of H-pyrrole nitrogens is 1. The second kappa shape index (κ2) is 9.38. The zero-order valence-electron chi connectivity index (χ0n) is 14.3. The van der Waals surface area contributed by atoms with Gasteiger partial charge in [-0.15, -0.1) is 16.4 Å². The molecule has 0 saturated heterocycles. The van der Waals surface area contributed by atoms with E-state index in [0.29, 0.717) is 23.4 Å². The number of imide groups is 1. The number of nitrogens with zero attached hydrogens (tertiary/aromatic N) is 2. The maximum absolute atomic E-state index is 12.0. The lowest BCUT2D eigenvalue weighted by Crippen LogP contribution is -2.43. The lowest BCUT2D eigenvalue weighted by molar-refractivity contribution is -0.119. The molecular weight excluding hydrogens is 358 g/mol. The van der Waals surface area contributed by atoms with E-state index >= 15 is 0 Å². The van der Waals surface area contributed by atoms with Gasteiger partial charge in [0, 0.05) is 11.4 Å². The third-order valence-corrected chi connectivity index (χ3v) is 4.79. The van der Waals surface area contributed by atoms with Crippen molar-refractivity contribution in [1.82, 2.24) is 25.8 Å². The molecule has 1 atom stereocenters. The standard InChI is InChI=1S/C16H21N5O2S2/c1-10(2)9-17-15(23)19-14(22)11(3)25-16-18-13(20-21-16)7-6-12-5-4-8-24-12/h4-8,10-11H,9H2,1-3H3,(H,18,20,21)(H2,17,19,22,23). The van der Waals surface area contributed by atoms with Crippen molar-refractivity contribution in [2.45, 2.75) is 31.2 Å². The Labute approximate surface area is 154 Å². The summed E-state index contributed by atoms with van der Waals surface area (Å²) in [5, 5.41) is 13.8. The molecule has 0 aromatic carbocycles. The first-order chi connectivity index (χ1) is 11.9. The highest BCUT2D eigenvalue weighted by molar-refractivity contribution is 8.00. The summed E-state index contributed by atoms with van der Waals surface area (Å²) in [6, 6.07) is 3.49. The van der Waals surface area contributed by atoms with Crippen LogP contribution in [0.5, 0.6) is 0 Å². The molecule has 2 aromatic heterocycles. The number of urea groups is 1. The third-order valence-electron chi connectivity index (χ3n) is 2.99. The van der Waals surface area contributed by atoms with Gasteiger partial charge in [0.2, 0.25) is 11.1 Å². The molecule has 25 heavy (non-hydrogen) atoms. The first kappa shape index (κ1) is 19.2. The Morgan fingerprint density at radius 3 is 2.84 bits per heavy atom. The van der Waals surface area contributed by atoms with Gasteiger partial charge in [0.05, 0.1) is 5.25 Å². The molecule has 0 aliphatic heterocycles. The van der Waals surface area contributed by atoms with E-state index in [2.05, 4.69) is 25.8 Å². The number of amides is 3. The molecule has 1 unspecified atom stereocenters. The number of nitrogens with one attached hydrogen (secondary N) is 3. The van der Waals surface area contributed by atoms with Crippen molar-refractivity contribution in [3.63, 3.8) is 0 Å². The zero-order chi connectivity index (χ0) is 18.2. The molecule has 0 radical (unpaired) electrons. The Bertz CT molecular complexity index is 725. The topological polar surface area (TPSA) is 99.8 Å². The summed E-state index contributed by atoms with van der Waals surface area (Å²) in [5.41, 5.74) is 0. The maximum Gasteiger partial charge on any atom is 0.321 e. The van der Waals surface area contributed by atoms with Gasteiger partial charge in [-0.3, -0.25) is 15.2 Å². The number of hydrogen-bond donors (Lipinski definition) is 3. The van der Waals surface area contributed by atoms with E-state index in [4.69, 9.17) is 0 Å². The number of aromatic nitrogens is 3. The molecule has 0 bridgehead atoms. The van der Waals surface area contributed by atoms with Gasteiger partial charge in [-0.1, -0.05) is 31.7 Å². The van der Waals surface area contributed by atoms with Crippen LogP contribution in [0.3, 0.4) is 0 Å². The second-order valence-corrected chi connectivity index (χ2v) is 7.99. The van der Waals surface area contributed by atoms with E-state index in [0.717, 1.165) is 4.88 Å². The highest BCUT2D eigenvalue weighted by Gasteiger charge is 2.19. The average molecular weight is 380 g/mol. The second-order valence-electron chi connectivity index (χ2n) is 5.71. The predicted molar refractivity (Wildman–Crippen MR) is 101 cm³/mol. The number of rotatable bonds is 7. The van der Waals surface area contributed by atoms with Crippen molar-refractivity contribution < 1.29 is 9.59 Å². The largest absolute Gasteiger partial charge is 0.338 e. The molecule has 134 valence electrons. The van der Waals surface area contributed by atoms with E-state index in [1.165, 1.54) is 11.8 Å². The molecule has 2 rings (SSSR count). The van der Waals surface area contributed by atoms with E-state index in [9.17, 15) is 9.59 Å². The normalized spacial score (nSPS) is 12.5. The molecule has 0 fully saturated rings. The van der Waals surface area contributed by atoms with Crippen LogP contribution in [0.4, 0.5) is 4.79 Å². The molecule has 0 aliphatic carbocycles. The maximum atomic E-state index is 12.0. The molecule has 0 saturated carbocycles. The van der Waals surface area contributed by atoms with E-state index in [1.54, 1.807) is 18.3 Å². The van der Waals surface area contributed by atoms with Crippen LogP contribution >= 0.6 is 23.1 Å². The third kappa shape index (κ3) is 6.71. The number of carbonyl (C=O) groups excluding carboxylic acids is 2. The van der Waals surface area contributed by atoms with Crippen molar-refractivity contribution >= 4 is 47.2 Å². The molecule has 7 nitrogen and oxygen atoms in total. The fraction of sp³-hybridized carbons (Fsp3) is 0.375. The minimum atomic E-state index is -0.491. The smallest absolute Gasteiger partial charge is 0.321 e. The van der Waals surface area contributed by atoms with Crippen LogP contribution in [0.25, 0.3) is 12.2 Å². The van der Waals surface area contributed by atoms with E-state index in [-0.39, 0.29) is 5.91 Å². The summed E-state index contributed by atoms with van der Waals surface area (Å²) < 4.78 is 0. The molecule has 3 amide bonds. The molecule has 0 aliphatic rings. The summed E-state index contributed by atoms with van der Waals surface area (Å²) >= 11 is 2.82. The Morgan fingerprint density at radius 1 is 1.36 bits per heavy atom. The molecular formula is C16H21N5O2S2. The number of thiophene rings is 1.